The van der Waals surface area contributed by atoms with Crippen LogP contribution in [0.4, 0.5) is 0 Å². The Balaban J connectivity index is 2.20. The lowest BCUT2D eigenvalue weighted by Gasteiger charge is -2.46. The summed E-state index contributed by atoms with van der Waals surface area (Å²) in [5.74, 6) is 0. The van der Waals surface area contributed by atoms with Crippen LogP contribution in [-0.2, 0) is 0 Å². The maximum atomic E-state index is 8.82. The zero-order chi connectivity index (χ0) is 13.1. The average Bonchev–Trinajstić information content (AvgIpc) is 2.09. The van der Waals surface area contributed by atoms with Crippen LogP contribution in [0.2, 0.25) is 0 Å². The van der Waals surface area contributed by atoms with Gasteiger partial charge in [0.1, 0.15) is 0 Å². The van der Waals surface area contributed by atoms with E-state index in [4.69, 9.17) is 5.11 Å². The van der Waals surface area contributed by atoms with Crippen LogP contribution < -0.4 is 10.6 Å². The number of hydrogen-bond donors (Lipinski definition) is 3. The van der Waals surface area contributed by atoms with Gasteiger partial charge in [-0.2, -0.15) is 0 Å². The number of rotatable bonds is 6. The molecule has 0 saturated carbocycles. The Morgan fingerprint density at radius 1 is 1.18 bits per heavy atom. The van der Waals surface area contributed by atoms with Crippen molar-refractivity contribution in [3.63, 3.8) is 0 Å². The van der Waals surface area contributed by atoms with Crippen molar-refractivity contribution in [1.29, 1.82) is 0 Å². The van der Waals surface area contributed by atoms with Gasteiger partial charge >= 0.3 is 0 Å². The Morgan fingerprint density at radius 3 is 2.24 bits per heavy atom. The van der Waals surface area contributed by atoms with E-state index in [9.17, 15) is 0 Å². The molecule has 1 heterocycles. The summed E-state index contributed by atoms with van der Waals surface area (Å²) in [6.07, 6.45) is 0. The zero-order valence-electron chi connectivity index (χ0n) is 12.0. The molecule has 1 saturated heterocycles. The van der Waals surface area contributed by atoms with E-state index in [1.807, 2.05) is 0 Å². The normalized spacial score (nSPS) is 19.4. The zero-order valence-corrected chi connectivity index (χ0v) is 12.0. The van der Waals surface area contributed by atoms with Gasteiger partial charge in [-0.15, -0.1) is 0 Å². The van der Waals surface area contributed by atoms with Gasteiger partial charge in [0.15, 0.2) is 0 Å². The summed E-state index contributed by atoms with van der Waals surface area (Å²) in [5, 5.41) is 15.8. The third-order valence-corrected chi connectivity index (χ3v) is 2.93. The summed E-state index contributed by atoms with van der Waals surface area (Å²) in [6, 6.07) is 0.628. The molecule has 1 aliphatic heterocycles. The monoisotopic (exact) mass is 243 g/mol. The van der Waals surface area contributed by atoms with Gasteiger partial charge in [0.2, 0.25) is 0 Å². The molecule has 0 aromatic carbocycles. The third-order valence-electron chi connectivity index (χ3n) is 2.93. The van der Waals surface area contributed by atoms with E-state index in [1.54, 1.807) is 0 Å². The number of hydrogen-bond acceptors (Lipinski definition) is 4. The first kappa shape index (κ1) is 14.9. The number of likely N-dealkylation sites (tertiary alicyclic amines) is 1. The molecule has 17 heavy (non-hydrogen) atoms. The predicted molar refractivity (Wildman–Crippen MR) is 72.3 cm³/mol. The van der Waals surface area contributed by atoms with Crippen molar-refractivity contribution in [3.05, 3.63) is 0 Å². The van der Waals surface area contributed by atoms with Crippen molar-refractivity contribution in [2.75, 3.05) is 32.8 Å². The molecule has 0 amide bonds. The van der Waals surface area contributed by atoms with Crippen LogP contribution in [0, 0.1) is 0 Å². The molecular formula is C13H29N3O. The molecule has 0 unspecified atom stereocenters. The van der Waals surface area contributed by atoms with Crippen molar-refractivity contribution >= 4 is 0 Å². The number of β-amino-alcohol motifs (C(OH)–C–C–N with tert-alkyl or cyclic N) is 1. The van der Waals surface area contributed by atoms with Crippen molar-refractivity contribution in [3.8, 4) is 0 Å². The van der Waals surface area contributed by atoms with Crippen LogP contribution in [0.25, 0.3) is 0 Å². The summed E-state index contributed by atoms with van der Waals surface area (Å²) >= 11 is 0. The molecule has 0 aromatic rings. The lowest BCUT2D eigenvalue weighted by Crippen LogP contribution is -2.65. The number of aliphatic hydroxyl groups excluding tert-OH is 1. The maximum absolute atomic E-state index is 8.82. The van der Waals surface area contributed by atoms with Gasteiger partial charge in [-0.1, -0.05) is 0 Å². The predicted octanol–water partition coefficient (Wildman–Crippen LogP) is 0.419. The van der Waals surface area contributed by atoms with Gasteiger partial charge in [-0.05, 0) is 34.6 Å². The minimum atomic E-state index is 0.0788. The molecule has 0 bridgehead atoms. The summed E-state index contributed by atoms with van der Waals surface area (Å²) in [5.41, 5.74) is 0.289. The topological polar surface area (TPSA) is 47.5 Å². The Labute approximate surface area is 106 Å². The van der Waals surface area contributed by atoms with E-state index in [2.05, 4.69) is 50.2 Å². The molecule has 1 aliphatic rings. The van der Waals surface area contributed by atoms with Crippen LogP contribution in [0.5, 0.6) is 0 Å². The first-order valence-corrected chi connectivity index (χ1v) is 6.58. The molecule has 0 atom stereocenters. The molecule has 1 fully saturated rings. The highest BCUT2D eigenvalue weighted by atomic mass is 16.3. The Bertz CT molecular complexity index is 229. The van der Waals surface area contributed by atoms with Crippen molar-refractivity contribution < 1.29 is 5.11 Å². The molecule has 0 spiro atoms. The molecule has 0 radical (unpaired) electrons. The van der Waals surface area contributed by atoms with E-state index >= 15 is 0 Å². The second-order valence-electron chi connectivity index (χ2n) is 6.82. The van der Waals surface area contributed by atoms with Gasteiger partial charge in [0, 0.05) is 43.3 Å². The average molecular weight is 243 g/mol. The Kier molecular flexibility index (Phi) is 4.95. The highest BCUT2D eigenvalue weighted by Crippen LogP contribution is 2.15. The van der Waals surface area contributed by atoms with Crippen LogP contribution in [0.1, 0.15) is 34.6 Å². The largest absolute Gasteiger partial charge is 0.395 e. The summed E-state index contributed by atoms with van der Waals surface area (Å²) < 4.78 is 0. The van der Waals surface area contributed by atoms with Crippen molar-refractivity contribution in [1.82, 2.24) is 15.5 Å². The second kappa shape index (κ2) is 5.65. The van der Waals surface area contributed by atoms with E-state index in [1.165, 1.54) is 0 Å². The van der Waals surface area contributed by atoms with Gasteiger partial charge < -0.3 is 15.7 Å². The van der Waals surface area contributed by atoms with Gasteiger partial charge in [0.25, 0.3) is 0 Å². The summed E-state index contributed by atoms with van der Waals surface area (Å²) in [6.45, 7) is 15.2. The highest BCUT2D eigenvalue weighted by Gasteiger charge is 2.32. The third kappa shape index (κ3) is 5.82. The molecule has 4 heteroatoms. The van der Waals surface area contributed by atoms with Crippen molar-refractivity contribution in [2.45, 2.75) is 51.7 Å². The van der Waals surface area contributed by atoms with Gasteiger partial charge in [0.05, 0.1) is 6.61 Å². The molecule has 102 valence electrons. The highest BCUT2D eigenvalue weighted by molar-refractivity contribution is 4.94. The number of nitrogens with one attached hydrogen (secondary N) is 2. The minimum absolute atomic E-state index is 0.0788. The van der Waals surface area contributed by atoms with Crippen LogP contribution in [0.3, 0.4) is 0 Å². The fourth-order valence-electron chi connectivity index (χ4n) is 2.41. The fraction of sp³-hybridized carbons (Fsp3) is 1.00. The molecule has 1 rings (SSSR count). The number of nitrogens with zero attached hydrogens (tertiary/aromatic N) is 1. The minimum Gasteiger partial charge on any atom is -0.395 e. The molecule has 0 aliphatic carbocycles. The van der Waals surface area contributed by atoms with Crippen molar-refractivity contribution in [2.24, 2.45) is 0 Å². The number of aliphatic hydroxyl groups is 1. The lowest BCUT2D eigenvalue weighted by molar-refractivity contribution is 0.0786. The van der Waals surface area contributed by atoms with E-state index in [0.29, 0.717) is 12.6 Å². The maximum Gasteiger partial charge on any atom is 0.0556 e. The first-order valence-electron chi connectivity index (χ1n) is 6.58. The SMILES string of the molecule is CC(C)(C)NC1CN(CC(C)(C)NCCO)C1. The quantitative estimate of drug-likeness (QED) is 0.633. The van der Waals surface area contributed by atoms with Gasteiger partial charge in [-0.3, -0.25) is 4.90 Å². The Hall–Kier alpha value is -0.160. The fourth-order valence-corrected chi connectivity index (χ4v) is 2.41. The second-order valence-corrected chi connectivity index (χ2v) is 6.82. The molecule has 4 nitrogen and oxygen atoms in total. The Morgan fingerprint density at radius 2 is 1.76 bits per heavy atom. The molecular weight excluding hydrogens is 214 g/mol. The molecule has 3 N–H and O–H groups in total. The van der Waals surface area contributed by atoms with Crippen LogP contribution >= 0.6 is 0 Å². The van der Waals surface area contributed by atoms with E-state index < -0.39 is 0 Å². The van der Waals surface area contributed by atoms with Crippen LogP contribution in [-0.4, -0.2) is 59.9 Å². The first-order chi connectivity index (χ1) is 7.72. The van der Waals surface area contributed by atoms with Gasteiger partial charge in [-0.25, -0.2) is 0 Å². The summed E-state index contributed by atoms with van der Waals surface area (Å²) in [4.78, 5) is 2.45. The molecule has 0 aromatic heterocycles. The van der Waals surface area contributed by atoms with E-state index in [-0.39, 0.29) is 17.7 Å². The van der Waals surface area contributed by atoms with Crippen LogP contribution in [0.15, 0.2) is 0 Å². The standard InChI is InChI=1S/C13H29N3O/c1-12(2,3)15-11-8-16(9-11)10-13(4,5)14-6-7-17/h11,14-15,17H,6-10H2,1-5H3. The lowest BCUT2D eigenvalue weighted by atomic mass is 9.98. The smallest absolute Gasteiger partial charge is 0.0556 e. The van der Waals surface area contributed by atoms with E-state index in [0.717, 1.165) is 19.6 Å². The summed E-state index contributed by atoms with van der Waals surface area (Å²) in [7, 11) is 0.